The number of benzene rings is 1. The first-order chi connectivity index (χ1) is 8.52. The molecule has 1 aromatic rings. The van der Waals surface area contributed by atoms with E-state index >= 15 is 0 Å². The van der Waals surface area contributed by atoms with E-state index in [1.807, 2.05) is 0 Å². The van der Waals surface area contributed by atoms with Crippen LogP contribution in [0.5, 0.6) is 5.75 Å². The molecule has 1 rings (SSSR count). The van der Waals surface area contributed by atoms with Gasteiger partial charge >= 0.3 is 0 Å². The molecule has 18 heavy (non-hydrogen) atoms. The van der Waals surface area contributed by atoms with E-state index in [-0.39, 0.29) is 13.2 Å². The van der Waals surface area contributed by atoms with Gasteiger partial charge in [0, 0.05) is 12.6 Å². The molecule has 1 unspecified atom stereocenters. The van der Waals surface area contributed by atoms with E-state index in [4.69, 9.17) is 38.2 Å². The summed E-state index contributed by atoms with van der Waals surface area (Å²) >= 11 is 11.5. The molecule has 0 aliphatic carbocycles. The van der Waals surface area contributed by atoms with Gasteiger partial charge in [-0.1, -0.05) is 23.2 Å². The standard InChI is InChI=1S/C11H13Cl2NO4/c12-9-2-1-8(3-10(9)13)18-6-11(17)14-4-7(16)5-15/h1-3,7,15-16H,4-6H2,(H,14,17). The first-order valence-corrected chi connectivity index (χ1v) is 5.92. The molecule has 0 bridgehead atoms. The largest absolute Gasteiger partial charge is 0.484 e. The molecule has 0 spiro atoms. The van der Waals surface area contributed by atoms with E-state index in [0.29, 0.717) is 15.8 Å². The Kier molecular flexibility index (Phi) is 6.21. The number of ether oxygens (including phenoxy) is 1. The van der Waals surface area contributed by atoms with Gasteiger partial charge in [0.2, 0.25) is 0 Å². The number of halogens is 2. The molecule has 1 amide bonds. The Morgan fingerprint density at radius 1 is 1.39 bits per heavy atom. The molecule has 1 atom stereocenters. The van der Waals surface area contributed by atoms with Gasteiger partial charge < -0.3 is 20.3 Å². The molecule has 0 heterocycles. The maximum atomic E-state index is 11.3. The number of nitrogens with one attached hydrogen (secondary N) is 1. The van der Waals surface area contributed by atoms with Crippen LogP contribution >= 0.6 is 23.2 Å². The molecule has 0 aliphatic heterocycles. The summed E-state index contributed by atoms with van der Waals surface area (Å²) in [6.07, 6.45) is -0.973. The molecule has 0 saturated carbocycles. The lowest BCUT2D eigenvalue weighted by Gasteiger charge is -2.10. The summed E-state index contributed by atoms with van der Waals surface area (Å²) in [6, 6.07) is 4.65. The van der Waals surface area contributed by atoms with E-state index in [1.54, 1.807) is 12.1 Å². The molecule has 5 nitrogen and oxygen atoms in total. The molecular formula is C11H13Cl2NO4. The van der Waals surface area contributed by atoms with Crippen LogP contribution in [0.4, 0.5) is 0 Å². The van der Waals surface area contributed by atoms with Crippen molar-refractivity contribution in [1.82, 2.24) is 5.32 Å². The fourth-order valence-electron chi connectivity index (χ4n) is 1.06. The average Bonchev–Trinajstić information content (AvgIpc) is 2.37. The van der Waals surface area contributed by atoms with Gasteiger partial charge in [0.25, 0.3) is 5.91 Å². The number of carbonyl (C=O) groups excluding carboxylic acids is 1. The fraction of sp³-hybridized carbons (Fsp3) is 0.364. The smallest absolute Gasteiger partial charge is 0.258 e. The number of hydrogen-bond acceptors (Lipinski definition) is 4. The zero-order valence-corrected chi connectivity index (χ0v) is 10.9. The number of hydrogen-bond donors (Lipinski definition) is 3. The number of aliphatic hydroxyl groups excluding tert-OH is 2. The van der Waals surface area contributed by atoms with Gasteiger partial charge in [0.05, 0.1) is 22.8 Å². The monoisotopic (exact) mass is 293 g/mol. The maximum absolute atomic E-state index is 11.3. The Labute approximate surface area is 114 Å². The van der Waals surface area contributed by atoms with Crippen molar-refractivity contribution >= 4 is 29.1 Å². The van der Waals surface area contributed by atoms with Crippen LogP contribution < -0.4 is 10.1 Å². The van der Waals surface area contributed by atoms with Gasteiger partial charge in [0.1, 0.15) is 5.75 Å². The van der Waals surface area contributed by atoms with Crippen molar-refractivity contribution in [1.29, 1.82) is 0 Å². The second kappa shape index (κ2) is 7.43. The van der Waals surface area contributed by atoms with Gasteiger partial charge in [-0.25, -0.2) is 0 Å². The summed E-state index contributed by atoms with van der Waals surface area (Å²) in [4.78, 5) is 11.3. The molecule has 100 valence electrons. The van der Waals surface area contributed by atoms with Gasteiger partial charge in [-0.2, -0.15) is 0 Å². The minimum absolute atomic E-state index is 0.0277. The average molecular weight is 294 g/mol. The summed E-state index contributed by atoms with van der Waals surface area (Å²) in [6.45, 7) is -0.649. The van der Waals surface area contributed by atoms with Crippen LogP contribution in [0.2, 0.25) is 10.0 Å². The molecule has 0 aromatic heterocycles. The van der Waals surface area contributed by atoms with Crippen LogP contribution in [0.1, 0.15) is 0 Å². The second-order valence-corrected chi connectivity index (χ2v) is 4.32. The normalized spacial score (nSPS) is 12.0. The predicted molar refractivity (Wildman–Crippen MR) is 68.1 cm³/mol. The lowest BCUT2D eigenvalue weighted by molar-refractivity contribution is -0.123. The molecule has 3 N–H and O–H groups in total. The summed E-state index contributed by atoms with van der Waals surface area (Å²) in [5.41, 5.74) is 0. The third-order valence-corrected chi connectivity index (χ3v) is 2.75. The first kappa shape index (κ1) is 15.0. The zero-order valence-electron chi connectivity index (χ0n) is 9.40. The summed E-state index contributed by atoms with van der Waals surface area (Å²) in [7, 11) is 0. The minimum Gasteiger partial charge on any atom is -0.484 e. The summed E-state index contributed by atoms with van der Waals surface area (Å²) in [5.74, 6) is 0.0100. The Morgan fingerprint density at radius 3 is 2.72 bits per heavy atom. The third kappa shape index (κ3) is 5.10. The highest BCUT2D eigenvalue weighted by Gasteiger charge is 2.07. The topological polar surface area (TPSA) is 78.8 Å². The summed E-state index contributed by atoms with van der Waals surface area (Å²) < 4.78 is 5.17. The Morgan fingerprint density at radius 2 is 2.11 bits per heavy atom. The highest BCUT2D eigenvalue weighted by Crippen LogP contribution is 2.26. The van der Waals surface area contributed by atoms with E-state index < -0.39 is 18.6 Å². The van der Waals surface area contributed by atoms with Gasteiger partial charge in [-0.15, -0.1) is 0 Å². The lowest BCUT2D eigenvalue weighted by atomic mass is 10.3. The van der Waals surface area contributed by atoms with Crippen molar-refractivity contribution in [2.75, 3.05) is 19.8 Å². The molecule has 0 radical (unpaired) electrons. The molecule has 0 saturated heterocycles. The number of amides is 1. The number of carbonyl (C=O) groups is 1. The van der Waals surface area contributed by atoms with Crippen LogP contribution in [-0.4, -0.2) is 42.0 Å². The van der Waals surface area contributed by atoms with Crippen molar-refractivity contribution in [3.05, 3.63) is 28.2 Å². The molecule has 0 aliphatic rings. The first-order valence-electron chi connectivity index (χ1n) is 5.16. The second-order valence-electron chi connectivity index (χ2n) is 3.51. The SMILES string of the molecule is O=C(COc1ccc(Cl)c(Cl)c1)NCC(O)CO. The number of rotatable bonds is 6. The minimum atomic E-state index is -0.973. The highest BCUT2D eigenvalue weighted by atomic mass is 35.5. The highest BCUT2D eigenvalue weighted by molar-refractivity contribution is 6.42. The van der Waals surface area contributed by atoms with E-state index in [1.165, 1.54) is 6.07 Å². The molecule has 7 heteroatoms. The van der Waals surface area contributed by atoms with E-state index in [0.717, 1.165) is 0 Å². The van der Waals surface area contributed by atoms with Crippen LogP contribution in [0.25, 0.3) is 0 Å². The van der Waals surface area contributed by atoms with Crippen LogP contribution in [-0.2, 0) is 4.79 Å². The predicted octanol–water partition coefficient (Wildman–Crippen LogP) is 0.842. The molecular weight excluding hydrogens is 281 g/mol. The van der Waals surface area contributed by atoms with Crippen molar-refractivity contribution in [3.63, 3.8) is 0 Å². The fourth-order valence-corrected chi connectivity index (χ4v) is 1.35. The van der Waals surface area contributed by atoms with Crippen LogP contribution in [0, 0.1) is 0 Å². The zero-order chi connectivity index (χ0) is 13.5. The Balaban J connectivity index is 2.36. The summed E-state index contributed by atoms with van der Waals surface area (Å²) in [5, 5.41) is 20.7. The van der Waals surface area contributed by atoms with E-state index in [2.05, 4.69) is 5.32 Å². The maximum Gasteiger partial charge on any atom is 0.258 e. The van der Waals surface area contributed by atoms with Crippen molar-refractivity contribution in [2.45, 2.75) is 6.10 Å². The van der Waals surface area contributed by atoms with Gasteiger partial charge in [-0.3, -0.25) is 4.79 Å². The molecule has 0 fully saturated rings. The van der Waals surface area contributed by atoms with Crippen LogP contribution in [0.3, 0.4) is 0 Å². The Hall–Kier alpha value is -1.01. The van der Waals surface area contributed by atoms with Crippen molar-refractivity contribution < 1.29 is 19.7 Å². The van der Waals surface area contributed by atoms with E-state index in [9.17, 15) is 4.79 Å². The molecule has 1 aromatic carbocycles. The van der Waals surface area contributed by atoms with Crippen LogP contribution in [0.15, 0.2) is 18.2 Å². The Bertz CT molecular complexity index is 414. The number of aliphatic hydroxyl groups is 2. The quantitative estimate of drug-likeness (QED) is 0.726. The lowest BCUT2D eigenvalue weighted by Crippen LogP contribution is -2.36. The van der Waals surface area contributed by atoms with Crippen molar-refractivity contribution in [3.8, 4) is 5.75 Å². The van der Waals surface area contributed by atoms with Gasteiger partial charge in [-0.05, 0) is 12.1 Å². The van der Waals surface area contributed by atoms with Crippen molar-refractivity contribution in [2.24, 2.45) is 0 Å². The third-order valence-electron chi connectivity index (χ3n) is 2.01. The van der Waals surface area contributed by atoms with Gasteiger partial charge in [0.15, 0.2) is 6.61 Å².